The van der Waals surface area contributed by atoms with Gasteiger partial charge in [0.2, 0.25) is 0 Å². The molecule has 1 aromatic carbocycles. The van der Waals surface area contributed by atoms with Gasteiger partial charge in [-0.3, -0.25) is 0 Å². The van der Waals surface area contributed by atoms with Gasteiger partial charge in [0, 0.05) is 0 Å². The standard InChI is InChI=1S/C11H11F3O3/c1-3-7-4-8(10(15)16-2)6-9(5-7)17-11(12,13)14/h4-6H,3H2,1-2H3. The van der Waals surface area contributed by atoms with E-state index in [1.807, 2.05) is 0 Å². The lowest BCUT2D eigenvalue weighted by Gasteiger charge is -2.11. The molecule has 0 amide bonds. The van der Waals surface area contributed by atoms with Crippen LogP contribution in [0.2, 0.25) is 0 Å². The van der Waals surface area contributed by atoms with Gasteiger partial charge in [-0.2, -0.15) is 0 Å². The normalized spacial score (nSPS) is 11.1. The fraction of sp³-hybridized carbons (Fsp3) is 0.364. The van der Waals surface area contributed by atoms with E-state index in [4.69, 9.17) is 0 Å². The van der Waals surface area contributed by atoms with Crippen LogP contribution in [0.1, 0.15) is 22.8 Å². The van der Waals surface area contributed by atoms with E-state index in [-0.39, 0.29) is 5.56 Å². The third-order valence-electron chi connectivity index (χ3n) is 2.03. The smallest absolute Gasteiger partial charge is 0.465 e. The second kappa shape index (κ2) is 5.07. The van der Waals surface area contributed by atoms with Crippen LogP contribution >= 0.6 is 0 Å². The van der Waals surface area contributed by atoms with Crippen LogP contribution in [0.15, 0.2) is 18.2 Å². The molecule has 0 N–H and O–H groups in total. The van der Waals surface area contributed by atoms with Crippen molar-refractivity contribution in [2.45, 2.75) is 19.7 Å². The van der Waals surface area contributed by atoms with E-state index < -0.39 is 18.1 Å². The Morgan fingerprint density at radius 2 is 1.94 bits per heavy atom. The lowest BCUT2D eigenvalue weighted by molar-refractivity contribution is -0.274. The van der Waals surface area contributed by atoms with Crippen molar-refractivity contribution in [3.63, 3.8) is 0 Å². The fourth-order valence-corrected chi connectivity index (χ4v) is 1.29. The van der Waals surface area contributed by atoms with Crippen molar-refractivity contribution in [3.05, 3.63) is 29.3 Å². The maximum absolute atomic E-state index is 12.1. The first-order valence-electron chi connectivity index (χ1n) is 4.83. The molecule has 1 aromatic rings. The van der Waals surface area contributed by atoms with Crippen LogP contribution in [0.3, 0.4) is 0 Å². The Balaban J connectivity index is 3.09. The quantitative estimate of drug-likeness (QED) is 0.771. The monoisotopic (exact) mass is 248 g/mol. The number of carbonyl (C=O) groups excluding carboxylic acids is 1. The highest BCUT2D eigenvalue weighted by Crippen LogP contribution is 2.25. The summed E-state index contributed by atoms with van der Waals surface area (Å²) in [6, 6.07) is 3.70. The summed E-state index contributed by atoms with van der Waals surface area (Å²) in [5.74, 6) is -1.12. The van der Waals surface area contributed by atoms with Gasteiger partial charge < -0.3 is 9.47 Å². The number of ether oxygens (including phenoxy) is 2. The molecule has 3 nitrogen and oxygen atoms in total. The van der Waals surface area contributed by atoms with Crippen molar-refractivity contribution in [1.82, 2.24) is 0 Å². The summed E-state index contributed by atoms with van der Waals surface area (Å²) < 4.78 is 44.4. The number of rotatable bonds is 3. The van der Waals surface area contributed by atoms with Crippen molar-refractivity contribution in [1.29, 1.82) is 0 Å². The van der Waals surface area contributed by atoms with Gasteiger partial charge in [0.05, 0.1) is 12.7 Å². The van der Waals surface area contributed by atoms with E-state index in [0.29, 0.717) is 12.0 Å². The van der Waals surface area contributed by atoms with Gasteiger partial charge in [-0.1, -0.05) is 6.92 Å². The number of methoxy groups -OCH3 is 1. The lowest BCUT2D eigenvalue weighted by Crippen LogP contribution is -2.17. The minimum atomic E-state index is -4.78. The van der Waals surface area contributed by atoms with Crippen LogP contribution in [-0.2, 0) is 11.2 Å². The average molecular weight is 248 g/mol. The molecule has 1 rings (SSSR count). The molecule has 0 aromatic heterocycles. The maximum atomic E-state index is 12.1. The Morgan fingerprint density at radius 3 is 2.41 bits per heavy atom. The topological polar surface area (TPSA) is 35.5 Å². The van der Waals surface area contributed by atoms with Crippen LogP contribution in [-0.4, -0.2) is 19.4 Å². The maximum Gasteiger partial charge on any atom is 0.573 e. The fourth-order valence-electron chi connectivity index (χ4n) is 1.29. The molecule has 0 spiro atoms. The Labute approximate surface area is 96.1 Å². The second-order valence-electron chi connectivity index (χ2n) is 3.26. The van der Waals surface area contributed by atoms with Gasteiger partial charge in [-0.05, 0) is 30.2 Å². The average Bonchev–Trinajstić information content (AvgIpc) is 2.25. The molecule has 94 valence electrons. The predicted octanol–water partition coefficient (Wildman–Crippen LogP) is 2.93. The molecule has 0 bridgehead atoms. The molecule has 6 heteroatoms. The molecule has 0 atom stereocenters. The van der Waals surface area contributed by atoms with E-state index in [0.717, 1.165) is 13.2 Å². The van der Waals surface area contributed by atoms with Crippen molar-refractivity contribution in [2.75, 3.05) is 7.11 Å². The van der Waals surface area contributed by atoms with Gasteiger partial charge >= 0.3 is 12.3 Å². The number of hydrogen-bond donors (Lipinski definition) is 0. The van der Waals surface area contributed by atoms with Crippen LogP contribution in [0.25, 0.3) is 0 Å². The predicted molar refractivity (Wildman–Crippen MR) is 53.8 cm³/mol. The van der Waals surface area contributed by atoms with Crippen molar-refractivity contribution < 1.29 is 27.4 Å². The summed E-state index contributed by atoms with van der Waals surface area (Å²) in [5, 5.41) is 0. The molecule has 0 aliphatic rings. The molecular weight excluding hydrogens is 237 g/mol. The molecule has 0 saturated carbocycles. The lowest BCUT2D eigenvalue weighted by atomic mass is 10.1. The summed E-state index contributed by atoms with van der Waals surface area (Å²) in [6.45, 7) is 1.76. The number of halogens is 3. The van der Waals surface area contributed by atoms with Crippen LogP contribution in [0.5, 0.6) is 5.75 Å². The van der Waals surface area contributed by atoms with Crippen LogP contribution in [0.4, 0.5) is 13.2 Å². The van der Waals surface area contributed by atoms with Gasteiger partial charge in [-0.15, -0.1) is 13.2 Å². The Morgan fingerprint density at radius 1 is 1.29 bits per heavy atom. The number of hydrogen-bond acceptors (Lipinski definition) is 3. The zero-order valence-electron chi connectivity index (χ0n) is 9.30. The summed E-state index contributed by atoms with van der Waals surface area (Å²) in [6.07, 6.45) is -4.29. The highest BCUT2D eigenvalue weighted by molar-refractivity contribution is 5.90. The summed E-state index contributed by atoms with van der Waals surface area (Å²) in [7, 11) is 1.16. The van der Waals surface area contributed by atoms with Crippen LogP contribution in [0, 0.1) is 0 Å². The van der Waals surface area contributed by atoms with Gasteiger partial charge in [0.25, 0.3) is 0 Å². The van der Waals surface area contributed by atoms with Gasteiger partial charge in [-0.25, -0.2) is 4.79 Å². The molecule has 0 radical (unpaired) electrons. The van der Waals surface area contributed by atoms with E-state index in [2.05, 4.69) is 9.47 Å². The Hall–Kier alpha value is -1.72. The first kappa shape index (κ1) is 13.3. The zero-order chi connectivity index (χ0) is 13.1. The molecular formula is C11H11F3O3. The zero-order valence-corrected chi connectivity index (χ0v) is 9.30. The first-order chi connectivity index (χ1) is 7.85. The third kappa shape index (κ3) is 3.97. The van der Waals surface area contributed by atoms with Crippen molar-refractivity contribution >= 4 is 5.97 Å². The molecule has 0 fully saturated rings. The van der Waals surface area contributed by atoms with Crippen LogP contribution < -0.4 is 4.74 Å². The van der Waals surface area contributed by atoms with Gasteiger partial charge in [0.15, 0.2) is 0 Å². The Bertz CT molecular complexity index is 413. The molecule has 0 aliphatic carbocycles. The van der Waals surface area contributed by atoms with E-state index in [1.54, 1.807) is 6.92 Å². The summed E-state index contributed by atoms with van der Waals surface area (Å²) >= 11 is 0. The van der Waals surface area contributed by atoms with Crippen molar-refractivity contribution in [2.24, 2.45) is 0 Å². The minimum absolute atomic E-state index is 0.0334. The van der Waals surface area contributed by atoms with E-state index in [1.165, 1.54) is 12.1 Å². The summed E-state index contributed by atoms with van der Waals surface area (Å²) in [4.78, 5) is 11.2. The minimum Gasteiger partial charge on any atom is -0.465 e. The number of aryl methyl sites for hydroxylation is 1. The number of carbonyl (C=O) groups is 1. The largest absolute Gasteiger partial charge is 0.573 e. The second-order valence-corrected chi connectivity index (χ2v) is 3.26. The first-order valence-corrected chi connectivity index (χ1v) is 4.83. The number of esters is 1. The highest BCUT2D eigenvalue weighted by Gasteiger charge is 2.31. The molecule has 0 heterocycles. The molecule has 17 heavy (non-hydrogen) atoms. The number of benzene rings is 1. The van der Waals surface area contributed by atoms with E-state index in [9.17, 15) is 18.0 Å². The van der Waals surface area contributed by atoms with Crippen molar-refractivity contribution in [3.8, 4) is 5.75 Å². The molecule has 0 saturated heterocycles. The van der Waals surface area contributed by atoms with E-state index >= 15 is 0 Å². The molecule has 0 unspecified atom stereocenters. The molecule has 0 aliphatic heterocycles. The third-order valence-corrected chi connectivity index (χ3v) is 2.03. The van der Waals surface area contributed by atoms with Gasteiger partial charge in [0.1, 0.15) is 5.75 Å². The Kier molecular flexibility index (Phi) is 3.98. The highest BCUT2D eigenvalue weighted by atomic mass is 19.4. The number of alkyl halides is 3. The SMILES string of the molecule is CCc1cc(OC(F)(F)F)cc(C(=O)OC)c1. The summed E-state index contributed by atoms with van der Waals surface area (Å²) in [5.41, 5.74) is 0.596.